The van der Waals surface area contributed by atoms with E-state index in [1.165, 1.54) is 17.8 Å². The van der Waals surface area contributed by atoms with Crippen LogP contribution in [0.5, 0.6) is 0 Å². The molecular weight excluding hydrogens is 263 g/mol. The smallest absolute Gasteiger partial charge is 0.312 e. The van der Waals surface area contributed by atoms with Gasteiger partial charge in [-0.05, 0) is 11.6 Å². The Bertz CT molecular complexity index is 536. The lowest BCUT2D eigenvalue weighted by Crippen LogP contribution is -2.05. The second-order valence-corrected chi connectivity index (χ2v) is 4.65. The normalized spacial score (nSPS) is 11.8. The Labute approximate surface area is 106 Å². The molecule has 0 atom stereocenters. The average molecular weight is 273 g/mol. The first-order chi connectivity index (χ1) is 8.47. The largest absolute Gasteiger partial charge is 0.416 e. The maximum absolute atomic E-state index is 12.5. The molecule has 3 nitrogen and oxygen atoms in total. The molecule has 0 unspecified atom stereocenters. The number of rotatable bonds is 3. The fourth-order valence-corrected chi connectivity index (χ4v) is 2.22. The molecule has 0 aliphatic heterocycles. The Kier molecular flexibility index (Phi) is 3.60. The number of benzene rings is 1. The lowest BCUT2D eigenvalue weighted by molar-refractivity contribution is -0.137. The van der Waals surface area contributed by atoms with Crippen LogP contribution in [0.4, 0.5) is 13.2 Å². The van der Waals surface area contributed by atoms with Gasteiger partial charge in [-0.25, -0.2) is 0 Å². The molecule has 0 fully saturated rings. The number of hydrogen-bond donors (Lipinski definition) is 0. The molecule has 96 valence electrons. The molecule has 0 N–H and O–H groups in total. The Morgan fingerprint density at radius 2 is 2.11 bits per heavy atom. The number of aryl methyl sites for hydroxylation is 1. The van der Waals surface area contributed by atoms with Gasteiger partial charge in [-0.3, -0.25) is 0 Å². The summed E-state index contributed by atoms with van der Waals surface area (Å²) in [7, 11) is 1.79. The van der Waals surface area contributed by atoms with Crippen LogP contribution in [-0.4, -0.2) is 14.8 Å². The summed E-state index contributed by atoms with van der Waals surface area (Å²) in [5.41, 5.74) is -0.0172. The van der Waals surface area contributed by atoms with Crippen LogP contribution < -0.4 is 0 Å². The van der Waals surface area contributed by atoms with Gasteiger partial charge < -0.3 is 4.57 Å². The first-order valence-corrected chi connectivity index (χ1v) is 6.08. The highest BCUT2D eigenvalue weighted by atomic mass is 32.2. The standard InChI is InChI=1S/C11H10F3N3S/c1-17-7-15-16-10(17)18-6-8-3-2-4-9(5-8)11(12,13)14/h2-5,7H,6H2,1H3. The van der Waals surface area contributed by atoms with Gasteiger partial charge in [0.15, 0.2) is 5.16 Å². The summed E-state index contributed by atoms with van der Waals surface area (Å²) in [6, 6.07) is 5.30. The summed E-state index contributed by atoms with van der Waals surface area (Å²) in [5, 5.41) is 8.23. The quantitative estimate of drug-likeness (QED) is 0.805. The molecule has 7 heteroatoms. The molecule has 0 aliphatic carbocycles. The van der Waals surface area contributed by atoms with Crippen molar-refractivity contribution in [1.29, 1.82) is 0 Å². The Hall–Kier alpha value is -1.50. The minimum atomic E-state index is -4.30. The van der Waals surface area contributed by atoms with Crippen molar-refractivity contribution >= 4 is 11.8 Å². The van der Waals surface area contributed by atoms with Crippen molar-refractivity contribution in [3.8, 4) is 0 Å². The van der Waals surface area contributed by atoms with Crippen molar-refractivity contribution in [2.24, 2.45) is 7.05 Å². The van der Waals surface area contributed by atoms with E-state index in [1.807, 2.05) is 0 Å². The van der Waals surface area contributed by atoms with E-state index >= 15 is 0 Å². The second kappa shape index (κ2) is 5.01. The first kappa shape index (κ1) is 12.9. The molecule has 0 amide bonds. The zero-order valence-corrected chi connectivity index (χ0v) is 10.3. The molecule has 1 aromatic carbocycles. The molecule has 1 heterocycles. The fraction of sp³-hybridized carbons (Fsp3) is 0.273. The Balaban J connectivity index is 2.09. The minimum Gasteiger partial charge on any atom is -0.312 e. The van der Waals surface area contributed by atoms with Gasteiger partial charge in [0.1, 0.15) is 6.33 Å². The first-order valence-electron chi connectivity index (χ1n) is 5.10. The molecule has 18 heavy (non-hydrogen) atoms. The third kappa shape index (κ3) is 3.04. The van der Waals surface area contributed by atoms with Crippen molar-refractivity contribution in [1.82, 2.24) is 14.8 Å². The van der Waals surface area contributed by atoms with Gasteiger partial charge >= 0.3 is 6.18 Å². The summed E-state index contributed by atoms with van der Waals surface area (Å²) in [5.74, 6) is 0.427. The van der Waals surface area contributed by atoms with Crippen LogP contribution in [0.2, 0.25) is 0 Å². The van der Waals surface area contributed by atoms with Crippen LogP contribution in [0.1, 0.15) is 11.1 Å². The van der Waals surface area contributed by atoms with Gasteiger partial charge in [0.05, 0.1) is 5.56 Å². The number of hydrogen-bond acceptors (Lipinski definition) is 3. The predicted molar refractivity (Wildman–Crippen MR) is 62.0 cm³/mol. The van der Waals surface area contributed by atoms with Crippen LogP contribution in [0.3, 0.4) is 0 Å². The average Bonchev–Trinajstić information content (AvgIpc) is 2.72. The van der Waals surface area contributed by atoms with E-state index < -0.39 is 11.7 Å². The molecule has 0 saturated carbocycles. The molecule has 0 spiro atoms. The zero-order valence-electron chi connectivity index (χ0n) is 9.48. The van der Waals surface area contributed by atoms with Gasteiger partial charge in [0.2, 0.25) is 0 Å². The number of nitrogens with zero attached hydrogens (tertiary/aromatic N) is 3. The van der Waals surface area contributed by atoms with Gasteiger partial charge in [0.25, 0.3) is 0 Å². The van der Waals surface area contributed by atoms with E-state index in [0.717, 1.165) is 12.1 Å². The number of thioether (sulfide) groups is 1. The molecule has 2 rings (SSSR count). The molecule has 0 bridgehead atoms. The summed E-state index contributed by atoms with van der Waals surface area (Å²) >= 11 is 1.35. The Morgan fingerprint density at radius 3 is 2.72 bits per heavy atom. The maximum atomic E-state index is 12.5. The third-order valence-electron chi connectivity index (χ3n) is 2.29. The predicted octanol–water partition coefficient (Wildman–Crippen LogP) is 3.13. The highest BCUT2D eigenvalue weighted by Crippen LogP contribution is 2.30. The maximum Gasteiger partial charge on any atom is 0.416 e. The van der Waals surface area contributed by atoms with Crippen molar-refractivity contribution in [3.05, 3.63) is 41.7 Å². The zero-order chi connectivity index (χ0) is 13.2. The van der Waals surface area contributed by atoms with E-state index in [1.54, 1.807) is 24.0 Å². The molecular formula is C11H10F3N3S. The second-order valence-electron chi connectivity index (χ2n) is 3.71. The topological polar surface area (TPSA) is 30.7 Å². The lowest BCUT2D eigenvalue weighted by atomic mass is 10.1. The van der Waals surface area contributed by atoms with Gasteiger partial charge in [-0.2, -0.15) is 13.2 Å². The van der Waals surface area contributed by atoms with Crippen LogP contribution >= 0.6 is 11.8 Å². The van der Waals surface area contributed by atoms with Crippen molar-refractivity contribution in [2.75, 3.05) is 0 Å². The van der Waals surface area contributed by atoms with Crippen LogP contribution in [0.15, 0.2) is 35.7 Å². The van der Waals surface area contributed by atoms with Crippen LogP contribution in [0.25, 0.3) is 0 Å². The highest BCUT2D eigenvalue weighted by Gasteiger charge is 2.30. The molecule has 1 aromatic heterocycles. The Morgan fingerprint density at radius 1 is 1.33 bits per heavy atom. The lowest BCUT2D eigenvalue weighted by Gasteiger charge is -2.08. The van der Waals surface area contributed by atoms with Crippen molar-refractivity contribution in [3.63, 3.8) is 0 Å². The van der Waals surface area contributed by atoms with Gasteiger partial charge in [-0.15, -0.1) is 10.2 Å². The SMILES string of the molecule is Cn1cnnc1SCc1cccc(C(F)(F)F)c1. The van der Waals surface area contributed by atoms with Crippen LogP contribution in [0, 0.1) is 0 Å². The van der Waals surface area contributed by atoms with E-state index in [9.17, 15) is 13.2 Å². The summed E-state index contributed by atoms with van der Waals surface area (Å²) in [6.45, 7) is 0. The molecule has 0 radical (unpaired) electrons. The molecule has 0 saturated heterocycles. The summed E-state index contributed by atoms with van der Waals surface area (Å²) < 4.78 is 39.3. The van der Waals surface area contributed by atoms with E-state index in [-0.39, 0.29) is 0 Å². The summed E-state index contributed by atoms with van der Waals surface area (Å²) in [4.78, 5) is 0. The van der Waals surface area contributed by atoms with Gasteiger partial charge in [-0.1, -0.05) is 30.0 Å². The minimum absolute atomic E-state index is 0.427. The number of aromatic nitrogens is 3. The van der Waals surface area contributed by atoms with Crippen LogP contribution in [-0.2, 0) is 19.0 Å². The van der Waals surface area contributed by atoms with E-state index in [2.05, 4.69) is 10.2 Å². The summed E-state index contributed by atoms with van der Waals surface area (Å²) in [6.07, 6.45) is -2.75. The third-order valence-corrected chi connectivity index (χ3v) is 3.40. The molecule has 2 aromatic rings. The van der Waals surface area contributed by atoms with E-state index in [0.29, 0.717) is 16.5 Å². The number of halogens is 3. The monoisotopic (exact) mass is 273 g/mol. The highest BCUT2D eigenvalue weighted by molar-refractivity contribution is 7.98. The molecule has 0 aliphatic rings. The van der Waals surface area contributed by atoms with E-state index in [4.69, 9.17) is 0 Å². The van der Waals surface area contributed by atoms with Crippen molar-refractivity contribution in [2.45, 2.75) is 17.1 Å². The van der Waals surface area contributed by atoms with Gasteiger partial charge in [0, 0.05) is 12.8 Å². The van der Waals surface area contributed by atoms with Crippen molar-refractivity contribution < 1.29 is 13.2 Å². The number of alkyl halides is 3. The fourth-order valence-electron chi connectivity index (χ4n) is 1.39.